The predicted octanol–water partition coefficient (Wildman–Crippen LogP) is 2.51. The lowest BCUT2D eigenvalue weighted by Gasteiger charge is -2.37. The molecule has 4 nitrogen and oxygen atoms in total. The van der Waals surface area contributed by atoms with Gasteiger partial charge >= 0.3 is 0 Å². The lowest BCUT2D eigenvalue weighted by Crippen LogP contribution is -2.39. The third-order valence-electron chi connectivity index (χ3n) is 4.15. The molecule has 0 radical (unpaired) electrons. The fourth-order valence-corrected chi connectivity index (χ4v) is 2.30. The van der Waals surface area contributed by atoms with Crippen molar-refractivity contribution in [2.75, 3.05) is 17.3 Å². The van der Waals surface area contributed by atoms with Crippen molar-refractivity contribution < 1.29 is 4.79 Å². The highest BCUT2D eigenvalue weighted by molar-refractivity contribution is 6.02. The minimum atomic E-state index is -0.533. The highest BCUT2D eigenvalue weighted by Gasteiger charge is 2.29. The zero-order valence-electron chi connectivity index (χ0n) is 12.3. The fraction of sp³-hybridized carbons (Fsp3) is 0.533. The molecule has 1 aromatic carbocycles. The third kappa shape index (κ3) is 2.45. The van der Waals surface area contributed by atoms with Gasteiger partial charge in [0.2, 0.25) is 5.91 Å². The minimum absolute atomic E-state index is 0.126. The van der Waals surface area contributed by atoms with Gasteiger partial charge < -0.3 is 16.0 Å². The summed E-state index contributed by atoms with van der Waals surface area (Å²) >= 11 is 0. The van der Waals surface area contributed by atoms with E-state index in [0.29, 0.717) is 6.04 Å². The van der Waals surface area contributed by atoms with Crippen LogP contribution in [0.2, 0.25) is 0 Å². The van der Waals surface area contributed by atoms with Crippen LogP contribution in [0.4, 0.5) is 11.4 Å². The van der Waals surface area contributed by atoms with Crippen molar-refractivity contribution in [3.63, 3.8) is 0 Å². The summed E-state index contributed by atoms with van der Waals surface area (Å²) in [7, 11) is 2.08. The molecule has 0 aliphatic carbocycles. The maximum absolute atomic E-state index is 11.6. The number of rotatable bonds is 2. The molecule has 104 valence electrons. The first-order valence-electron chi connectivity index (χ1n) is 6.65. The summed E-state index contributed by atoms with van der Waals surface area (Å²) in [6.45, 7) is 8.87. The average Bonchev–Trinajstić information content (AvgIpc) is 2.61. The summed E-state index contributed by atoms with van der Waals surface area (Å²) in [6, 6.07) is 5.83. The summed E-state index contributed by atoms with van der Waals surface area (Å²) in [5, 5.41) is 2.83. The largest absolute Gasteiger partial charge is 0.371 e. The second kappa shape index (κ2) is 4.53. The van der Waals surface area contributed by atoms with Crippen molar-refractivity contribution >= 4 is 17.3 Å². The number of nitrogens with zero attached hydrogens (tertiary/aromatic N) is 1. The minimum Gasteiger partial charge on any atom is -0.371 e. The molecule has 1 aliphatic rings. The van der Waals surface area contributed by atoms with E-state index < -0.39 is 6.04 Å². The molecular formula is C15H23N3O. The number of carbonyl (C=O) groups excluding carboxylic acids is 1. The Bertz CT molecular complexity index is 505. The van der Waals surface area contributed by atoms with E-state index in [-0.39, 0.29) is 11.3 Å². The van der Waals surface area contributed by atoms with Crippen molar-refractivity contribution in [3.05, 3.63) is 23.8 Å². The fourth-order valence-electron chi connectivity index (χ4n) is 2.30. The van der Waals surface area contributed by atoms with Crippen LogP contribution in [-0.2, 0) is 4.79 Å². The van der Waals surface area contributed by atoms with Crippen LogP contribution in [0.1, 0.15) is 39.3 Å². The SMILES string of the molecule is CC(N(C)c1ccc2c(c1)NC(=O)C2N)C(C)(C)C. The molecule has 19 heavy (non-hydrogen) atoms. The van der Waals surface area contributed by atoms with Gasteiger partial charge in [-0.15, -0.1) is 0 Å². The van der Waals surface area contributed by atoms with Crippen molar-refractivity contribution in [1.29, 1.82) is 0 Å². The monoisotopic (exact) mass is 261 g/mol. The first-order valence-corrected chi connectivity index (χ1v) is 6.65. The highest BCUT2D eigenvalue weighted by Crippen LogP contribution is 2.34. The zero-order valence-corrected chi connectivity index (χ0v) is 12.3. The molecule has 0 saturated carbocycles. The van der Waals surface area contributed by atoms with Crippen LogP contribution in [0.5, 0.6) is 0 Å². The molecule has 4 heteroatoms. The molecule has 0 aromatic heterocycles. The molecule has 1 aliphatic heterocycles. The molecule has 1 aromatic rings. The van der Waals surface area contributed by atoms with E-state index in [4.69, 9.17) is 5.73 Å². The summed E-state index contributed by atoms with van der Waals surface area (Å²) in [6.07, 6.45) is 0. The van der Waals surface area contributed by atoms with E-state index in [2.05, 4.69) is 45.0 Å². The number of fused-ring (bicyclic) bond motifs is 1. The maximum atomic E-state index is 11.6. The van der Waals surface area contributed by atoms with Gasteiger partial charge in [0.15, 0.2) is 0 Å². The van der Waals surface area contributed by atoms with Gasteiger partial charge in [0.05, 0.1) is 0 Å². The van der Waals surface area contributed by atoms with Gasteiger partial charge in [-0.3, -0.25) is 4.79 Å². The van der Waals surface area contributed by atoms with Crippen molar-refractivity contribution in [2.45, 2.75) is 39.8 Å². The van der Waals surface area contributed by atoms with Crippen LogP contribution in [0.3, 0.4) is 0 Å². The number of nitrogens with two attached hydrogens (primary N) is 1. The van der Waals surface area contributed by atoms with E-state index in [9.17, 15) is 4.79 Å². The number of nitrogens with one attached hydrogen (secondary N) is 1. The van der Waals surface area contributed by atoms with Crippen molar-refractivity contribution in [2.24, 2.45) is 11.1 Å². The molecule has 0 bridgehead atoms. The number of hydrogen-bond donors (Lipinski definition) is 2. The number of benzene rings is 1. The molecule has 1 amide bonds. The Hall–Kier alpha value is -1.55. The number of amides is 1. The molecule has 0 spiro atoms. The van der Waals surface area contributed by atoms with Crippen LogP contribution in [0.25, 0.3) is 0 Å². The molecular weight excluding hydrogens is 238 g/mol. The second-order valence-corrected chi connectivity index (χ2v) is 6.39. The number of hydrogen-bond acceptors (Lipinski definition) is 3. The Morgan fingerprint density at radius 1 is 1.37 bits per heavy atom. The van der Waals surface area contributed by atoms with E-state index in [1.54, 1.807) is 0 Å². The smallest absolute Gasteiger partial charge is 0.245 e. The number of anilines is 2. The van der Waals surface area contributed by atoms with Gasteiger partial charge in [0.25, 0.3) is 0 Å². The van der Waals surface area contributed by atoms with Crippen LogP contribution < -0.4 is 16.0 Å². The van der Waals surface area contributed by atoms with Gasteiger partial charge in [-0.25, -0.2) is 0 Å². The van der Waals surface area contributed by atoms with Crippen LogP contribution >= 0.6 is 0 Å². The van der Waals surface area contributed by atoms with E-state index in [1.807, 2.05) is 18.2 Å². The lowest BCUT2D eigenvalue weighted by molar-refractivity contribution is -0.116. The first-order chi connectivity index (χ1) is 8.71. The highest BCUT2D eigenvalue weighted by atomic mass is 16.2. The topological polar surface area (TPSA) is 58.4 Å². The van der Waals surface area contributed by atoms with Crippen LogP contribution in [0.15, 0.2) is 18.2 Å². The van der Waals surface area contributed by atoms with E-state index in [0.717, 1.165) is 16.9 Å². The Labute approximate surface area is 115 Å². The third-order valence-corrected chi connectivity index (χ3v) is 4.15. The Morgan fingerprint density at radius 3 is 2.58 bits per heavy atom. The van der Waals surface area contributed by atoms with Gasteiger partial charge in [0, 0.05) is 30.0 Å². The molecule has 2 unspecified atom stereocenters. The van der Waals surface area contributed by atoms with Gasteiger partial charge in [-0.1, -0.05) is 26.8 Å². The Kier molecular flexibility index (Phi) is 3.31. The van der Waals surface area contributed by atoms with Crippen molar-refractivity contribution in [1.82, 2.24) is 0 Å². The van der Waals surface area contributed by atoms with Crippen molar-refractivity contribution in [3.8, 4) is 0 Å². The summed E-state index contributed by atoms with van der Waals surface area (Å²) in [5.41, 5.74) is 8.82. The van der Waals surface area contributed by atoms with Gasteiger partial charge in [0.1, 0.15) is 6.04 Å². The molecule has 1 heterocycles. The molecule has 0 fully saturated rings. The van der Waals surface area contributed by atoms with Crippen LogP contribution in [-0.4, -0.2) is 19.0 Å². The average molecular weight is 261 g/mol. The summed E-state index contributed by atoms with van der Waals surface area (Å²) in [4.78, 5) is 13.8. The lowest BCUT2D eigenvalue weighted by atomic mass is 9.87. The molecule has 2 rings (SSSR count). The Balaban J connectivity index is 2.29. The Morgan fingerprint density at radius 2 is 2.00 bits per heavy atom. The van der Waals surface area contributed by atoms with Crippen LogP contribution in [0, 0.1) is 5.41 Å². The van der Waals surface area contributed by atoms with Gasteiger partial charge in [-0.2, -0.15) is 0 Å². The quantitative estimate of drug-likeness (QED) is 0.860. The molecule has 2 atom stereocenters. The summed E-state index contributed by atoms with van der Waals surface area (Å²) < 4.78 is 0. The van der Waals surface area contributed by atoms with E-state index in [1.165, 1.54) is 0 Å². The van der Waals surface area contributed by atoms with E-state index >= 15 is 0 Å². The maximum Gasteiger partial charge on any atom is 0.245 e. The normalized spacial score (nSPS) is 19.9. The zero-order chi connectivity index (χ0) is 14.4. The standard InChI is InChI=1S/C15H23N3O/c1-9(15(2,3)4)18(5)10-6-7-11-12(8-10)17-14(19)13(11)16/h6-9,13H,16H2,1-5H3,(H,17,19). The number of carbonyl (C=O) groups is 1. The summed E-state index contributed by atoms with van der Waals surface area (Å²) in [5.74, 6) is -0.126. The second-order valence-electron chi connectivity index (χ2n) is 6.39. The predicted molar refractivity (Wildman–Crippen MR) is 79.3 cm³/mol. The molecule has 0 saturated heterocycles. The molecule has 3 N–H and O–H groups in total. The van der Waals surface area contributed by atoms with Gasteiger partial charge in [-0.05, 0) is 24.5 Å². The first kappa shape index (κ1) is 13.9.